The molecule has 1 heterocycles. The standard InChI is InChI=1S/C18H25F3N2/c1-23(2)17(7-4-8-22-12-17)16-10-14(11-16)13-5-3-6-15(9-13)18(19,20)21/h3,5-6,9,14,16,22H,4,7-8,10-12H2,1-2H3/t14?,16?,17-/m1/s1. The van der Waals surface area contributed by atoms with Crippen molar-refractivity contribution in [2.75, 3.05) is 27.2 Å². The van der Waals surface area contributed by atoms with Gasteiger partial charge in [0.15, 0.2) is 0 Å². The molecule has 1 aromatic rings. The Morgan fingerprint density at radius 1 is 1.22 bits per heavy atom. The highest BCUT2D eigenvalue weighted by atomic mass is 19.4. The molecule has 3 rings (SSSR count). The Morgan fingerprint density at radius 2 is 1.96 bits per heavy atom. The van der Waals surface area contributed by atoms with Gasteiger partial charge in [-0.2, -0.15) is 13.2 Å². The van der Waals surface area contributed by atoms with Gasteiger partial charge in [0.1, 0.15) is 0 Å². The Hall–Kier alpha value is -1.07. The van der Waals surface area contributed by atoms with Crippen molar-refractivity contribution in [2.24, 2.45) is 5.92 Å². The van der Waals surface area contributed by atoms with Crippen LogP contribution in [0.1, 0.15) is 42.7 Å². The molecule has 1 saturated carbocycles. The van der Waals surface area contributed by atoms with Gasteiger partial charge in [0, 0.05) is 12.1 Å². The van der Waals surface area contributed by atoms with Crippen molar-refractivity contribution < 1.29 is 13.2 Å². The summed E-state index contributed by atoms with van der Waals surface area (Å²) in [5.41, 5.74) is 0.477. The van der Waals surface area contributed by atoms with E-state index in [0.717, 1.165) is 37.6 Å². The summed E-state index contributed by atoms with van der Waals surface area (Å²) < 4.78 is 38.6. The number of nitrogens with zero attached hydrogens (tertiary/aromatic N) is 1. The van der Waals surface area contributed by atoms with E-state index < -0.39 is 11.7 Å². The number of hydrogen-bond acceptors (Lipinski definition) is 2. The van der Waals surface area contributed by atoms with Crippen LogP contribution in [0.2, 0.25) is 0 Å². The predicted octanol–water partition coefficient (Wildman–Crippen LogP) is 3.88. The van der Waals surface area contributed by atoms with Crippen LogP contribution < -0.4 is 5.32 Å². The third-order valence-electron chi connectivity index (χ3n) is 5.87. The Labute approximate surface area is 136 Å². The number of halogens is 3. The molecule has 0 spiro atoms. The van der Waals surface area contributed by atoms with Crippen LogP contribution in [-0.4, -0.2) is 37.6 Å². The van der Waals surface area contributed by atoms with Crippen molar-refractivity contribution in [3.8, 4) is 0 Å². The fourth-order valence-corrected chi connectivity index (χ4v) is 4.31. The van der Waals surface area contributed by atoms with E-state index in [1.165, 1.54) is 25.0 Å². The molecule has 1 aliphatic heterocycles. The summed E-state index contributed by atoms with van der Waals surface area (Å²) in [6.07, 6.45) is 0.0650. The van der Waals surface area contributed by atoms with Crippen LogP contribution in [0.5, 0.6) is 0 Å². The zero-order chi connectivity index (χ0) is 16.7. The number of alkyl halides is 3. The average molecular weight is 326 g/mol. The van der Waals surface area contributed by atoms with Gasteiger partial charge >= 0.3 is 6.18 Å². The minimum absolute atomic E-state index is 0.163. The van der Waals surface area contributed by atoms with E-state index in [9.17, 15) is 13.2 Å². The largest absolute Gasteiger partial charge is 0.416 e. The lowest BCUT2D eigenvalue weighted by Crippen LogP contribution is -2.61. The summed E-state index contributed by atoms with van der Waals surface area (Å²) in [4.78, 5) is 2.33. The molecular weight excluding hydrogens is 301 g/mol. The summed E-state index contributed by atoms with van der Waals surface area (Å²) >= 11 is 0. The Balaban J connectivity index is 1.71. The van der Waals surface area contributed by atoms with Gasteiger partial charge in [-0.05, 0) is 69.8 Å². The van der Waals surface area contributed by atoms with E-state index in [0.29, 0.717) is 5.92 Å². The molecule has 1 atom stereocenters. The topological polar surface area (TPSA) is 15.3 Å². The molecule has 0 aromatic heterocycles. The van der Waals surface area contributed by atoms with Crippen LogP contribution in [0, 0.1) is 5.92 Å². The molecule has 2 fully saturated rings. The minimum atomic E-state index is -4.25. The summed E-state index contributed by atoms with van der Waals surface area (Å²) in [6.45, 7) is 2.05. The van der Waals surface area contributed by atoms with E-state index in [1.54, 1.807) is 0 Å². The molecule has 2 nitrogen and oxygen atoms in total. The summed E-state index contributed by atoms with van der Waals surface area (Å²) in [5.74, 6) is 0.825. The van der Waals surface area contributed by atoms with Crippen LogP contribution >= 0.6 is 0 Å². The molecule has 0 amide bonds. The fourth-order valence-electron chi connectivity index (χ4n) is 4.31. The number of likely N-dealkylation sites (N-methyl/N-ethyl adjacent to an activating group) is 1. The second-order valence-electron chi connectivity index (χ2n) is 7.27. The number of benzene rings is 1. The smallest absolute Gasteiger partial charge is 0.315 e. The number of rotatable bonds is 3. The van der Waals surface area contributed by atoms with Crippen molar-refractivity contribution in [1.82, 2.24) is 10.2 Å². The first-order valence-electron chi connectivity index (χ1n) is 8.38. The maximum Gasteiger partial charge on any atom is 0.416 e. The van der Waals surface area contributed by atoms with Crippen molar-refractivity contribution in [2.45, 2.75) is 43.3 Å². The van der Waals surface area contributed by atoms with Crippen LogP contribution in [0.4, 0.5) is 13.2 Å². The third-order valence-corrected chi connectivity index (χ3v) is 5.87. The lowest BCUT2D eigenvalue weighted by molar-refractivity contribution is -0.137. The molecule has 5 heteroatoms. The molecule has 1 N–H and O–H groups in total. The highest BCUT2D eigenvalue weighted by molar-refractivity contribution is 5.30. The Bertz CT molecular complexity index is 541. The highest BCUT2D eigenvalue weighted by Gasteiger charge is 2.48. The molecule has 1 aromatic carbocycles. The van der Waals surface area contributed by atoms with E-state index in [2.05, 4.69) is 24.3 Å². The van der Waals surface area contributed by atoms with E-state index in [1.807, 2.05) is 6.07 Å². The SMILES string of the molecule is CN(C)[C@]1(C2CC(c3cccc(C(F)(F)F)c3)C2)CCCNC1. The van der Waals surface area contributed by atoms with E-state index >= 15 is 0 Å². The van der Waals surface area contributed by atoms with Gasteiger partial charge in [0.25, 0.3) is 0 Å². The minimum Gasteiger partial charge on any atom is -0.315 e. The zero-order valence-electron chi connectivity index (χ0n) is 13.8. The second-order valence-corrected chi connectivity index (χ2v) is 7.27. The molecule has 1 aliphatic carbocycles. The summed E-state index contributed by atoms with van der Waals surface area (Å²) in [7, 11) is 4.26. The van der Waals surface area contributed by atoms with Crippen molar-refractivity contribution in [1.29, 1.82) is 0 Å². The van der Waals surface area contributed by atoms with Gasteiger partial charge in [0.05, 0.1) is 5.56 Å². The third kappa shape index (κ3) is 3.13. The fraction of sp³-hybridized carbons (Fsp3) is 0.667. The molecule has 0 radical (unpaired) electrons. The van der Waals surface area contributed by atoms with Gasteiger partial charge in [-0.3, -0.25) is 0 Å². The van der Waals surface area contributed by atoms with Crippen molar-refractivity contribution >= 4 is 0 Å². The maximum atomic E-state index is 12.9. The normalized spacial score (nSPS) is 31.9. The molecule has 0 bridgehead atoms. The Kier molecular flexibility index (Phi) is 4.45. The first kappa shape index (κ1) is 16.8. The van der Waals surface area contributed by atoms with Gasteiger partial charge < -0.3 is 10.2 Å². The monoisotopic (exact) mass is 326 g/mol. The van der Waals surface area contributed by atoms with Gasteiger partial charge in [-0.15, -0.1) is 0 Å². The van der Waals surface area contributed by atoms with Gasteiger partial charge in [-0.25, -0.2) is 0 Å². The van der Waals surface area contributed by atoms with Crippen LogP contribution in [0.25, 0.3) is 0 Å². The first-order chi connectivity index (χ1) is 10.8. The summed E-state index contributed by atoms with van der Waals surface area (Å²) in [6, 6.07) is 5.88. The van der Waals surface area contributed by atoms with E-state index in [-0.39, 0.29) is 11.5 Å². The quantitative estimate of drug-likeness (QED) is 0.907. The number of hydrogen-bond donors (Lipinski definition) is 1. The van der Waals surface area contributed by atoms with Crippen LogP contribution in [0.15, 0.2) is 24.3 Å². The molecule has 0 unspecified atom stereocenters. The molecular formula is C18H25F3N2. The van der Waals surface area contributed by atoms with Crippen LogP contribution in [0.3, 0.4) is 0 Å². The molecule has 128 valence electrons. The predicted molar refractivity (Wildman–Crippen MR) is 85.4 cm³/mol. The Morgan fingerprint density at radius 3 is 2.52 bits per heavy atom. The van der Waals surface area contributed by atoms with Gasteiger partial charge in [-0.1, -0.05) is 18.2 Å². The zero-order valence-corrected chi connectivity index (χ0v) is 13.8. The number of piperidine rings is 1. The van der Waals surface area contributed by atoms with Crippen molar-refractivity contribution in [3.05, 3.63) is 35.4 Å². The second kappa shape index (κ2) is 6.10. The first-order valence-corrected chi connectivity index (χ1v) is 8.38. The number of nitrogens with one attached hydrogen (secondary N) is 1. The van der Waals surface area contributed by atoms with Crippen molar-refractivity contribution in [3.63, 3.8) is 0 Å². The highest BCUT2D eigenvalue weighted by Crippen LogP contribution is 2.50. The maximum absolute atomic E-state index is 12.9. The average Bonchev–Trinajstić information content (AvgIpc) is 2.46. The van der Waals surface area contributed by atoms with Crippen LogP contribution in [-0.2, 0) is 6.18 Å². The molecule has 2 aliphatic rings. The molecule has 1 saturated heterocycles. The molecule has 23 heavy (non-hydrogen) atoms. The lowest BCUT2D eigenvalue weighted by Gasteiger charge is -2.54. The van der Waals surface area contributed by atoms with Gasteiger partial charge in [0.2, 0.25) is 0 Å². The lowest BCUT2D eigenvalue weighted by atomic mass is 9.60. The summed E-state index contributed by atoms with van der Waals surface area (Å²) in [5, 5.41) is 3.50. The van der Waals surface area contributed by atoms with E-state index in [4.69, 9.17) is 0 Å².